The van der Waals surface area contributed by atoms with E-state index in [2.05, 4.69) is 0 Å². The molecule has 1 aromatic rings. The molecule has 0 radical (unpaired) electrons. The van der Waals surface area contributed by atoms with Gasteiger partial charge < -0.3 is 10.0 Å². The summed E-state index contributed by atoms with van der Waals surface area (Å²) in [5, 5.41) is 10.0. The average Bonchev–Trinajstić information content (AvgIpc) is 2.14. The quantitative estimate of drug-likeness (QED) is 0.906. The molecule has 0 heterocycles. The van der Waals surface area contributed by atoms with Crippen LogP contribution in [0.1, 0.15) is 11.5 Å². The van der Waals surface area contributed by atoms with Crippen molar-refractivity contribution in [2.24, 2.45) is 0 Å². The first kappa shape index (κ1) is 13.3. The summed E-state index contributed by atoms with van der Waals surface area (Å²) in [5.41, 5.74) is 0.590. The first-order valence-corrected chi connectivity index (χ1v) is 5.50. The minimum atomic E-state index is -0.891. The normalized spacial score (nSPS) is 12.8. The van der Waals surface area contributed by atoms with Crippen molar-refractivity contribution in [1.29, 1.82) is 0 Å². The van der Waals surface area contributed by atoms with Crippen LogP contribution in [-0.2, 0) is 4.79 Å². The van der Waals surface area contributed by atoms with Crippen LogP contribution in [0.4, 0.5) is 0 Å². The standard InChI is InChI=1S/C11H13Cl2NO2/c1-14(2)6-9(11(15)16)8-4-3-7(12)5-10(8)13/h3-5,9H,6H2,1-2H3,(H,15,16). The molecule has 0 bridgehead atoms. The van der Waals surface area contributed by atoms with Crippen LogP contribution < -0.4 is 0 Å². The van der Waals surface area contributed by atoms with E-state index in [9.17, 15) is 4.79 Å². The summed E-state index contributed by atoms with van der Waals surface area (Å²) < 4.78 is 0. The summed E-state index contributed by atoms with van der Waals surface area (Å²) in [7, 11) is 3.64. The van der Waals surface area contributed by atoms with Gasteiger partial charge in [-0.05, 0) is 31.8 Å². The molecule has 0 saturated heterocycles. The molecule has 0 aromatic heterocycles. The summed E-state index contributed by atoms with van der Waals surface area (Å²) >= 11 is 11.8. The Bertz CT molecular complexity index is 394. The molecule has 16 heavy (non-hydrogen) atoms. The van der Waals surface area contributed by atoms with Crippen LogP contribution in [0.25, 0.3) is 0 Å². The van der Waals surface area contributed by atoms with Gasteiger partial charge in [-0.25, -0.2) is 0 Å². The topological polar surface area (TPSA) is 40.5 Å². The Morgan fingerprint density at radius 3 is 2.50 bits per heavy atom. The third kappa shape index (κ3) is 3.37. The Balaban J connectivity index is 3.06. The molecule has 0 aliphatic heterocycles. The highest BCUT2D eigenvalue weighted by molar-refractivity contribution is 6.35. The van der Waals surface area contributed by atoms with E-state index in [1.165, 1.54) is 0 Å². The molecule has 5 heteroatoms. The maximum Gasteiger partial charge on any atom is 0.312 e. The molecule has 1 atom stereocenters. The third-order valence-electron chi connectivity index (χ3n) is 2.18. The number of likely N-dealkylation sites (N-methyl/N-ethyl adjacent to an activating group) is 1. The van der Waals surface area contributed by atoms with Crippen molar-refractivity contribution in [2.75, 3.05) is 20.6 Å². The van der Waals surface area contributed by atoms with E-state index in [0.29, 0.717) is 22.2 Å². The highest BCUT2D eigenvalue weighted by Gasteiger charge is 2.22. The maximum atomic E-state index is 11.2. The molecule has 0 saturated carbocycles. The lowest BCUT2D eigenvalue weighted by atomic mass is 9.99. The number of carbonyl (C=O) groups is 1. The highest BCUT2D eigenvalue weighted by atomic mass is 35.5. The van der Waals surface area contributed by atoms with E-state index in [1.807, 2.05) is 19.0 Å². The predicted octanol–water partition coefficient (Wildman–Crippen LogP) is 2.72. The lowest BCUT2D eigenvalue weighted by molar-refractivity contribution is -0.139. The molecule has 1 N–H and O–H groups in total. The Morgan fingerprint density at radius 2 is 2.06 bits per heavy atom. The van der Waals surface area contributed by atoms with Crippen molar-refractivity contribution < 1.29 is 9.90 Å². The van der Waals surface area contributed by atoms with Gasteiger partial charge in [0.2, 0.25) is 0 Å². The number of carboxylic acid groups (broad SMARTS) is 1. The highest BCUT2D eigenvalue weighted by Crippen LogP contribution is 2.28. The second-order valence-electron chi connectivity index (χ2n) is 3.82. The van der Waals surface area contributed by atoms with Gasteiger partial charge in [-0.3, -0.25) is 4.79 Å². The Labute approximate surface area is 105 Å². The third-order valence-corrected chi connectivity index (χ3v) is 2.75. The van der Waals surface area contributed by atoms with Gasteiger partial charge in [-0.15, -0.1) is 0 Å². The summed E-state index contributed by atoms with van der Waals surface area (Å²) in [5.74, 6) is -1.53. The van der Waals surface area contributed by atoms with Crippen molar-refractivity contribution >= 4 is 29.2 Å². The Hall–Kier alpha value is -0.770. The molecule has 1 unspecified atom stereocenters. The molecule has 1 rings (SSSR count). The Morgan fingerprint density at radius 1 is 1.44 bits per heavy atom. The SMILES string of the molecule is CN(C)CC(C(=O)O)c1ccc(Cl)cc1Cl. The second-order valence-corrected chi connectivity index (χ2v) is 4.66. The molecule has 0 aliphatic carbocycles. The summed E-state index contributed by atoms with van der Waals surface area (Å²) in [4.78, 5) is 13.0. The molecule has 0 fully saturated rings. The van der Waals surface area contributed by atoms with E-state index in [4.69, 9.17) is 28.3 Å². The largest absolute Gasteiger partial charge is 0.481 e. The fraction of sp³-hybridized carbons (Fsp3) is 0.364. The number of hydrogen-bond acceptors (Lipinski definition) is 2. The van der Waals surface area contributed by atoms with E-state index < -0.39 is 11.9 Å². The number of rotatable bonds is 4. The number of hydrogen-bond donors (Lipinski definition) is 1. The summed E-state index contributed by atoms with van der Waals surface area (Å²) in [6.45, 7) is 0.399. The predicted molar refractivity (Wildman–Crippen MR) is 65.4 cm³/mol. The van der Waals surface area contributed by atoms with Crippen LogP contribution in [0.15, 0.2) is 18.2 Å². The van der Waals surface area contributed by atoms with Gasteiger partial charge in [0.05, 0.1) is 5.92 Å². The average molecular weight is 262 g/mol. The van der Waals surface area contributed by atoms with Crippen molar-refractivity contribution in [2.45, 2.75) is 5.92 Å². The first-order valence-electron chi connectivity index (χ1n) is 4.74. The summed E-state index contributed by atoms with van der Waals surface area (Å²) in [6, 6.07) is 4.87. The minimum Gasteiger partial charge on any atom is -0.481 e. The van der Waals surface area contributed by atoms with Crippen molar-refractivity contribution in [3.8, 4) is 0 Å². The molecular formula is C11H13Cl2NO2. The van der Waals surface area contributed by atoms with Crippen molar-refractivity contribution in [1.82, 2.24) is 4.90 Å². The minimum absolute atomic E-state index is 0.391. The van der Waals surface area contributed by atoms with Gasteiger partial charge in [0, 0.05) is 16.6 Å². The first-order chi connectivity index (χ1) is 7.41. The molecule has 0 aliphatic rings. The monoisotopic (exact) mass is 261 g/mol. The number of aliphatic carboxylic acids is 1. The van der Waals surface area contributed by atoms with Gasteiger partial charge in [-0.2, -0.15) is 0 Å². The molecule has 0 spiro atoms. The van der Waals surface area contributed by atoms with Crippen LogP contribution in [0, 0.1) is 0 Å². The molecule has 88 valence electrons. The molecular weight excluding hydrogens is 249 g/mol. The van der Waals surface area contributed by atoms with Crippen LogP contribution in [0.2, 0.25) is 10.0 Å². The lowest BCUT2D eigenvalue weighted by Crippen LogP contribution is -2.26. The fourth-order valence-electron chi connectivity index (χ4n) is 1.46. The number of benzene rings is 1. The second kappa shape index (κ2) is 5.53. The Kier molecular flexibility index (Phi) is 4.59. The zero-order chi connectivity index (χ0) is 12.3. The van der Waals surface area contributed by atoms with Gasteiger partial charge in [0.25, 0.3) is 0 Å². The van der Waals surface area contributed by atoms with E-state index in [1.54, 1.807) is 18.2 Å². The van der Waals surface area contributed by atoms with Gasteiger partial charge in [0.1, 0.15) is 0 Å². The van der Waals surface area contributed by atoms with Crippen molar-refractivity contribution in [3.05, 3.63) is 33.8 Å². The number of halogens is 2. The van der Waals surface area contributed by atoms with E-state index in [-0.39, 0.29) is 0 Å². The van der Waals surface area contributed by atoms with Gasteiger partial charge in [-0.1, -0.05) is 29.3 Å². The number of nitrogens with zero attached hydrogens (tertiary/aromatic N) is 1. The molecule has 3 nitrogen and oxygen atoms in total. The van der Waals surface area contributed by atoms with Gasteiger partial charge in [0.15, 0.2) is 0 Å². The molecule has 0 amide bonds. The van der Waals surface area contributed by atoms with E-state index in [0.717, 1.165) is 0 Å². The zero-order valence-corrected chi connectivity index (χ0v) is 10.6. The summed E-state index contributed by atoms with van der Waals surface area (Å²) in [6.07, 6.45) is 0. The van der Waals surface area contributed by atoms with Crippen LogP contribution in [0.5, 0.6) is 0 Å². The van der Waals surface area contributed by atoms with Crippen LogP contribution in [0.3, 0.4) is 0 Å². The van der Waals surface area contributed by atoms with Crippen molar-refractivity contribution in [3.63, 3.8) is 0 Å². The van der Waals surface area contributed by atoms with Gasteiger partial charge >= 0.3 is 5.97 Å². The molecule has 1 aromatic carbocycles. The maximum absolute atomic E-state index is 11.2. The van der Waals surface area contributed by atoms with E-state index >= 15 is 0 Å². The lowest BCUT2D eigenvalue weighted by Gasteiger charge is -2.18. The number of carboxylic acids is 1. The fourth-order valence-corrected chi connectivity index (χ4v) is 2.00. The van der Waals surface area contributed by atoms with Crippen LogP contribution in [-0.4, -0.2) is 36.6 Å². The van der Waals surface area contributed by atoms with Crippen LogP contribution >= 0.6 is 23.2 Å². The zero-order valence-electron chi connectivity index (χ0n) is 9.08. The smallest absolute Gasteiger partial charge is 0.312 e.